The van der Waals surface area contributed by atoms with E-state index in [1.165, 1.54) is 11.1 Å². The second kappa shape index (κ2) is 7.55. The van der Waals surface area contributed by atoms with Gasteiger partial charge in [0.15, 0.2) is 11.5 Å². The van der Waals surface area contributed by atoms with Crippen LogP contribution in [-0.4, -0.2) is 22.3 Å². The molecule has 1 aromatic heterocycles. The van der Waals surface area contributed by atoms with Crippen molar-refractivity contribution in [3.63, 3.8) is 0 Å². The molecule has 1 aliphatic rings. The zero-order valence-corrected chi connectivity index (χ0v) is 16.6. The number of nitrogens with one attached hydrogen (secondary N) is 1. The first kappa shape index (κ1) is 18.2. The normalized spacial score (nSPS) is 12.3. The number of rotatable bonds is 5. The van der Waals surface area contributed by atoms with Crippen molar-refractivity contribution in [1.82, 2.24) is 14.9 Å². The number of nitrogens with zero attached hydrogens (tertiary/aromatic N) is 2. The molecule has 0 unspecified atom stereocenters. The Labute approximate surface area is 174 Å². The van der Waals surface area contributed by atoms with Gasteiger partial charge in [-0.25, -0.2) is 4.98 Å². The number of benzene rings is 3. The van der Waals surface area contributed by atoms with E-state index in [-0.39, 0.29) is 12.7 Å². The highest BCUT2D eigenvalue weighted by Crippen LogP contribution is 2.32. The van der Waals surface area contributed by atoms with Gasteiger partial charge in [0.1, 0.15) is 5.82 Å². The van der Waals surface area contributed by atoms with Gasteiger partial charge in [-0.05, 0) is 42.8 Å². The number of para-hydroxylation sites is 2. The van der Waals surface area contributed by atoms with Crippen molar-refractivity contribution in [3.8, 4) is 11.5 Å². The lowest BCUT2D eigenvalue weighted by Crippen LogP contribution is -2.24. The first-order valence-corrected chi connectivity index (χ1v) is 9.85. The molecule has 0 saturated carbocycles. The summed E-state index contributed by atoms with van der Waals surface area (Å²) < 4.78 is 12.8. The summed E-state index contributed by atoms with van der Waals surface area (Å²) in [5.41, 5.74) is 4.90. The summed E-state index contributed by atoms with van der Waals surface area (Å²) in [6, 6.07) is 21.7. The van der Waals surface area contributed by atoms with E-state index in [2.05, 4.69) is 47.1 Å². The van der Waals surface area contributed by atoms with E-state index >= 15 is 0 Å². The summed E-state index contributed by atoms with van der Waals surface area (Å²) >= 11 is 0. The van der Waals surface area contributed by atoms with E-state index in [9.17, 15) is 4.79 Å². The van der Waals surface area contributed by atoms with Gasteiger partial charge >= 0.3 is 0 Å². The topological polar surface area (TPSA) is 65.4 Å². The zero-order chi connectivity index (χ0) is 20.5. The molecule has 1 aliphatic heterocycles. The molecule has 6 nitrogen and oxygen atoms in total. The van der Waals surface area contributed by atoms with E-state index in [1.54, 1.807) is 18.2 Å². The van der Waals surface area contributed by atoms with Crippen molar-refractivity contribution in [2.45, 2.75) is 20.0 Å². The quantitative estimate of drug-likeness (QED) is 0.550. The fourth-order valence-electron chi connectivity index (χ4n) is 3.61. The molecule has 0 spiro atoms. The molecule has 150 valence electrons. The number of aryl methyl sites for hydroxylation is 1. The Hall–Kier alpha value is -3.80. The fraction of sp³-hybridized carbons (Fsp3) is 0.167. The molecule has 0 fully saturated rings. The maximum absolute atomic E-state index is 12.7. The highest BCUT2D eigenvalue weighted by atomic mass is 16.7. The number of ether oxygens (including phenoxy) is 2. The standard InChI is InChI=1S/C24H21N3O3/c1-16-6-8-17(9-7-16)14-27-20-5-3-2-4-19(20)26-23(27)13-25-24(28)18-10-11-21-22(12-18)30-15-29-21/h2-12H,13-15H2,1H3,(H,25,28). The summed E-state index contributed by atoms with van der Waals surface area (Å²) in [5.74, 6) is 1.88. The number of hydrogen-bond acceptors (Lipinski definition) is 4. The average Bonchev–Trinajstić information content (AvgIpc) is 3.37. The SMILES string of the molecule is Cc1ccc(Cn2c(CNC(=O)c3ccc4c(c3)OCO4)nc3ccccc32)cc1. The van der Waals surface area contributed by atoms with Crippen LogP contribution < -0.4 is 14.8 Å². The van der Waals surface area contributed by atoms with Crippen molar-refractivity contribution >= 4 is 16.9 Å². The first-order chi connectivity index (χ1) is 14.7. The second-order valence-corrected chi connectivity index (χ2v) is 7.34. The van der Waals surface area contributed by atoms with Crippen LogP contribution in [0.5, 0.6) is 11.5 Å². The van der Waals surface area contributed by atoms with E-state index < -0.39 is 0 Å². The van der Waals surface area contributed by atoms with E-state index in [1.807, 2.05) is 18.2 Å². The Kier molecular flexibility index (Phi) is 4.59. The molecule has 2 heterocycles. The number of imidazole rings is 1. The Morgan fingerprint density at radius 1 is 1.03 bits per heavy atom. The van der Waals surface area contributed by atoms with E-state index in [0.29, 0.717) is 30.2 Å². The molecule has 4 aromatic rings. The van der Waals surface area contributed by atoms with Crippen molar-refractivity contribution in [2.24, 2.45) is 0 Å². The lowest BCUT2D eigenvalue weighted by Gasteiger charge is -2.11. The van der Waals surface area contributed by atoms with Gasteiger partial charge in [-0.1, -0.05) is 42.0 Å². The molecule has 5 rings (SSSR count). The Morgan fingerprint density at radius 3 is 2.70 bits per heavy atom. The van der Waals surface area contributed by atoms with Gasteiger partial charge in [0.05, 0.1) is 17.6 Å². The van der Waals surface area contributed by atoms with Gasteiger partial charge < -0.3 is 19.4 Å². The Morgan fingerprint density at radius 2 is 1.83 bits per heavy atom. The average molecular weight is 399 g/mol. The molecule has 3 aromatic carbocycles. The van der Waals surface area contributed by atoms with E-state index in [4.69, 9.17) is 14.5 Å². The van der Waals surface area contributed by atoms with Crippen LogP contribution in [-0.2, 0) is 13.1 Å². The summed E-state index contributed by atoms with van der Waals surface area (Å²) in [4.78, 5) is 17.4. The van der Waals surface area contributed by atoms with Crippen molar-refractivity contribution in [2.75, 3.05) is 6.79 Å². The van der Waals surface area contributed by atoms with Crippen LogP contribution >= 0.6 is 0 Å². The van der Waals surface area contributed by atoms with Gasteiger partial charge in [-0.2, -0.15) is 0 Å². The molecule has 0 bridgehead atoms. The minimum atomic E-state index is -0.178. The lowest BCUT2D eigenvalue weighted by molar-refractivity contribution is 0.0949. The maximum Gasteiger partial charge on any atom is 0.251 e. The van der Waals surface area contributed by atoms with Crippen LogP contribution in [0.25, 0.3) is 11.0 Å². The van der Waals surface area contributed by atoms with Gasteiger partial charge in [0.2, 0.25) is 6.79 Å². The number of aromatic nitrogens is 2. The summed E-state index contributed by atoms with van der Waals surface area (Å²) in [6.45, 7) is 3.28. The number of carbonyl (C=O) groups is 1. The van der Waals surface area contributed by atoms with Crippen LogP contribution in [0.3, 0.4) is 0 Å². The monoisotopic (exact) mass is 399 g/mol. The number of amides is 1. The number of fused-ring (bicyclic) bond motifs is 2. The highest BCUT2D eigenvalue weighted by Gasteiger charge is 2.17. The highest BCUT2D eigenvalue weighted by molar-refractivity contribution is 5.94. The van der Waals surface area contributed by atoms with Crippen LogP contribution in [0, 0.1) is 6.92 Å². The van der Waals surface area contributed by atoms with Crippen molar-refractivity contribution < 1.29 is 14.3 Å². The summed E-state index contributed by atoms with van der Waals surface area (Å²) in [6.07, 6.45) is 0. The smallest absolute Gasteiger partial charge is 0.251 e. The van der Waals surface area contributed by atoms with Crippen molar-refractivity contribution in [3.05, 3.63) is 89.2 Å². The van der Waals surface area contributed by atoms with E-state index in [0.717, 1.165) is 16.9 Å². The Bertz CT molecular complexity index is 1230. The molecule has 1 N–H and O–H groups in total. The number of carbonyl (C=O) groups excluding carboxylic acids is 1. The lowest BCUT2D eigenvalue weighted by atomic mass is 10.1. The molecule has 6 heteroatoms. The molecular formula is C24H21N3O3. The minimum Gasteiger partial charge on any atom is -0.454 e. The third-order valence-corrected chi connectivity index (χ3v) is 5.24. The largest absolute Gasteiger partial charge is 0.454 e. The molecule has 1 amide bonds. The van der Waals surface area contributed by atoms with Gasteiger partial charge in [0.25, 0.3) is 5.91 Å². The first-order valence-electron chi connectivity index (χ1n) is 9.85. The predicted molar refractivity (Wildman–Crippen MR) is 114 cm³/mol. The molecule has 0 atom stereocenters. The zero-order valence-electron chi connectivity index (χ0n) is 16.6. The van der Waals surface area contributed by atoms with Crippen LogP contribution in [0.2, 0.25) is 0 Å². The molecule has 30 heavy (non-hydrogen) atoms. The summed E-state index contributed by atoms with van der Waals surface area (Å²) in [7, 11) is 0. The third kappa shape index (κ3) is 3.48. The summed E-state index contributed by atoms with van der Waals surface area (Å²) in [5, 5.41) is 2.98. The minimum absolute atomic E-state index is 0.178. The molecule has 0 radical (unpaired) electrons. The fourth-order valence-corrected chi connectivity index (χ4v) is 3.61. The van der Waals surface area contributed by atoms with Crippen LogP contribution in [0.1, 0.15) is 27.3 Å². The van der Waals surface area contributed by atoms with Crippen LogP contribution in [0.15, 0.2) is 66.7 Å². The van der Waals surface area contributed by atoms with Gasteiger partial charge in [-0.3, -0.25) is 4.79 Å². The Balaban J connectivity index is 1.39. The second-order valence-electron chi connectivity index (χ2n) is 7.34. The predicted octanol–water partition coefficient (Wildman–Crippen LogP) is 4.05. The molecule has 0 saturated heterocycles. The maximum atomic E-state index is 12.7. The van der Waals surface area contributed by atoms with Crippen molar-refractivity contribution in [1.29, 1.82) is 0 Å². The molecular weight excluding hydrogens is 378 g/mol. The number of hydrogen-bond donors (Lipinski definition) is 1. The van der Waals surface area contributed by atoms with Gasteiger partial charge in [-0.15, -0.1) is 0 Å². The van der Waals surface area contributed by atoms with Crippen LogP contribution in [0.4, 0.5) is 0 Å². The third-order valence-electron chi connectivity index (χ3n) is 5.24. The molecule has 0 aliphatic carbocycles. The van der Waals surface area contributed by atoms with Gasteiger partial charge in [0, 0.05) is 12.1 Å².